The molecule has 0 amide bonds. The van der Waals surface area contributed by atoms with Crippen molar-refractivity contribution in [2.75, 3.05) is 0 Å². The molecule has 2 saturated carbocycles. The quantitative estimate of drug-likeness (QED) is 0.786. The molecule has 0 aliphatic heterocycles. The first-order valence-electron chi connectivity index (χ1n) is 9.75. The van der Waals surface area contributed by atoms with E-state index in [0.29, 0.717) is 11.8 Å². The maximum Gasteiger partial charge on any atom is 0.307 e. The zero-order chi connectivity index (χ0) is 18.8. The second kappa shape index (κ2) is 7.63. The number of benzene rings is 1. The van der Waals surface area contributed by atoms with Gasteiger partial charge in [-0.25, -0.2) is 4.39 Å². The molecule has 140 valence electrons. The molecule has 4 rings (SSSR count). The van der Waals surface area contributed by atoms with E-state index < -0.39 is 5.97 Å². The fraction of sp³-hybridized carbons (Fsp3) is 0.391. The number of hydrogen-bond acceptors (Lipinski definition) is 2. The van der Waals surface area contributed by atoms with Gasteiger partial charge in [-0.05, 0) is 60.4 Å². The van der Waals surface area contributed by atoms with E-state index in [1.54, 1.807) is 12.3 Å². The third-order valence-corrected chi connectivity index (χ3v) is 6.23. The number of halogens is 1. The van der Waals surface area contributed by atoms with Crippen molar-refractivity contribution in [2.24, 2.45) is 23.7 Å². The summed E-state index contributed by atoms with van der Waals surface area (Å²) in [7, 11) is 0. The molecule has 2 fully saturated rings. The number of allylic oxidation sites excluding steroid dienone is 1. The second-order valence-corrected chi connectivity index (χ2v) is 7.81. The molecule has 0 unspecified atom stereocenters. The van der Waals surface area contributed by atoms with Crippen LogP contribution in [-0.4, -0.2) is 16.1 Å². The molecule has 1 N–H and O–H groups in total. The van der Waals surface area contributed by atoms with E-state index in [0.717, 1.165) is 29.7 Å². The molecular weight excluding hydrogens is 341 g/mol. The predicted molar refractivity (Wildman–Crippen MR) is 103 cm³/mol. The molecular formula is C23H24FNO2. The van der Waals surface area contributed by atoms with Crippen LogP contribution in [0.5, 0.6) is 0 Å². The van der Waals surface area contributed by atoms with Crippen LogP contribution in [0.1, 0.15) is 37.8 Å². The van der Waals surface area contributed by atoms with Crippen LogP contribution in [0.15, 0.2) is 48.7 Å². The Morgan fingerprint density at radius 3 is 2.74 bits per heavy atom. The van der Waals surface area contributed by atoms with Crippen LogP contribution < -0.4 is 0 Å². The monoisotopic (exact) mass is 365 g/mol. The molecule has 3 nitrogen and oxygen atoms in total. The van der Waals surface area contributed by atoms with Gasteiger partial charge >= 0.3 is 5.97 Å². The number of nitrogens with zero attached hydrogens (tertiary/aromatic N) is 1. The highest BCUT2D eigenvalue weighted by molar-refractivity contribution is 5.72. The number of carbonyl (C=O) groups is 1. The number of hydrogen-bond donors (Lipinski definition) is 1. The highest BCUT2D eigenvalue weighted by Crippen LogP contribution is 2.49. The van der Waals surface area contributed by atoms with Gasteiger partial charge in [-0.2, -0.15) is 0 Å². The Balaban J connectivity index is 1.52. The number of carboxylic acid groups (broad SMARTS) is 1. The first-order valence-corrected chi connectivity index (χ1v) is 9.75. The first kappa shape index (κ1) is 17.9. The minimum atomic E-state index is -0.673. The van der Waals surface area contributed by atoms with Crippen LogP contribution in [0.4, 0.5) is 4.39 Å². The van der Waals surface area contributed by atoms with E-state index in [-0.39, 0.29) is 17.7 Å². The van der Waals surface area contributed by atoms with Gasteiger partial charge in [-0.15, -0.1) is 0 Å². The van der Waals surface area contributed by atoms with E-state index >= 15 is 0 Å². The molecule has 4 atom stereocenters. The number of carboxylic acids is 1. The van der Waals surface area contributed by atoms with E-state index in [1.807, 2.05) is 24.3 Å². The lowest BCUT2D eigenvalue weighted by Gasteiger charge is -2.28. The van der Waals surface area contributed by atoms with Crippen molar-refractivity contribution in [3.8, 4) is 11.1 Å². The molecule has 0 bridgehead atoms. The lowest BCUT2D eigenvalue weighted by molar-refractivity contribution is -0.142. The smallest absolute Gasteiger partial charge is 0.307 e. The Kier molecular flexibility index (Phi) is 5.06. The standard InChI is InChI=1S/C23H24FNO2/c24-18-6-3-5-15(12-18)17-8-9-19(25-14-17)10-11-21-20-7-2-1-4-16(20)13-22(21)23(26)27/h3,5-6,8-12,14,16,20-22H,1-2,4,7,13H2,(H,26,27)/b11-10+/t16-,20-,21+,22+/m1/s1. The highest BCUT2D eigenvalue weighted by Gasteiger charge is 2.45. The van der Waals surface area contributed by atoms with Crippen molar-refractivity contribution < 1.29 is 14.3 Å². The van der Waals surface area contributed by atoms with E-state index in [9.17, 15) is 14.3 Å². The van der Waals surface area contributed by atoms with E-state index in [4.69, 9.17) is 0 Å². The van der Waals surface area contributed by atoms with Crippen molar-refractivity contribution >= 4 is 12.0 Å². The van der Waals surface area contributed by atoms with Crippen LogP contribution >= 0.6 is 0 Å². The zero-order valence-corrected chi connectivity index (χ0v) is 15.2. The predicted octanol–water partition coefficient (Wildman–Crippen LogP) is 5.43. The van der Waals surface area contributed by atoms with Gasteiger partial charge < -0.3 is 5.11 Å². The van der Waals surface area contributed by atoms with Crippen molar-refractivity contribution in [1.82, 2.24) is 4.98 Å². The molecule has 2 aromatic rings. The second-order valence-electron chi connectivity index (χ2n) is 7.81. The van der Waals surface area contributed by atoms with Gasteiger partial charge in [0.2, 0.25) is 0 Å². The topological polar surface area (TPSA) is 50.2 Å². The van der Waals surface area contributed by atoms with Crippen LogP contribution in [0.25, 0.3) is 17.2 Å². The Labute approximate surface area is 159 Å². The molecule has 1 aromatic heterocycles. The van der Waals surface area contributed by atoms with Gasteiger partial charge in [0.1, 0.15) is 5.82 Å². The summed E-state index contributed by atoms with van der Waals surface area (Å²) in [4.78, 5) is 16.2. The number of aromatic nitrogens is 1. The molecule has 1 aromatic carbocycles. The average Bonchev–Trinajstić information content (AvgIpc) is 3.06. The summed E-state index contributed by atoms with van der Waals surface area (Å²) >= 11 is 0. The number of aliphatic carboxylic acids is 1. The maximum atomic E-state index is 13.4. The summed E-state index contributed by atoms with van der Waals surface area (Å²) in [6.45, 7) is 0. The molecule has 2 aliphatic rings. The van der Waals surface area contributed by atoms with Crippen molar-refractivity contribution in [3.05, 3.63) is 60.2 Å². The van der Waals surface area contributed by atoms with Gasteiger partial charge in [0.25, 0.3) is 0 Å². The van der Waals surface area contributed by atoms with Gasteiger partial charge in [0.05, 0.1) is 11.6 Å². The summed E-state index contributed by atoms with van der Waals surface area (Å²) in [6, 6.07) is 10.3. The molecule has 27 heavy (non-hydrogen) atoms. The molecule has 0 spiro atoms. The number of rotatable bonds is 4. The third-order valence-electron chi connectivity index (χ3n) is 6.23. The summed E-state index contributed by atoms with van der Waals surface area (Å²) in [6.07, 6.45) is 11.3. The Hall–Kier alpha value is -2.49. The fourth-order valence-electron chi connectivity index (χ4n) is 4.91. The van der Waals surface area contributed by atoms with Crippen LogP contribution in [0.2, 0.25) is 0 Å². The zero-order valence-electron chi connectivity index (χ0n) is 15.2. The minimum absolute atomic E-state index is 0.0949. The lowest BCUT2D eigenvalue weighted by atomic mass is 9.77. The Bertz CT molecular complexity index is 846. The third kappa shape index (κ3) is 3.80. The number of fused-ring (bicyclic) bond motifs is 1. The summed E-state index contributed by atoms with van der Waals surface area (Å²) in [5.41, 5.74) is 2.46. The Morgan fingerprint density at radius 2 is 2.00 bits per heavy atom. The average molecular weight is 365 g/mol. The van der Waals surface area contributed by atoms with Crippen LogP contribution in [0.3, 0.4) is 0 Å². The normalized spacial score (nSPS) is 27.6. The van der Waals surface area contributed by atoms with Gasteiger partial charge in [0.15, 0.2) is 0 Å². The van der Waals surface area contributed by atoms with Crippen LogP contribution in [0, 0.1) is 29.5 Å². The van der Waals surface area contributed by atoms with Gasteiger partial charge in [-0.3, -0.25) is 9.78 Å². The van der Waals surface area contributed by atoms with Crippen molar-refractivity contribution in [3.63, 3.8) is 0 Å². The van der Waals surface area contributed by atoms with E-state index in [2.05, 4.69) is 11.1 Å². The van der Waals surface area contributed by atoms with Gasteiger partial charge in [0, 0.05) is 11.8 Å². The minimum Gasteiger partial charge on any atom is -0.481 e. The lowest BCUT2D eigenvalue weighted by Crippen LogP contribution is -2.22. The molecule has 0 radical (unpaired) electrons. The number of pyridine rings is 1. The largest absolute Gasteiger partial charge is 0.481 e. The SMILES string of the molecule is O=C(O)[C@H]1C[C@H]2CCCC[C@H]2[C@@H]1/C=C/c1ccc(-c2cccc(F)c2)cn1. The first-order chi connectivity index (χ1) is 13.1. The summed E-state index contributed by atoms with van der Waals surface area (Å²) in [5, 5.41) is 9.63. The molecule has 4 heteroatoms. The van der Waals surface area contributed by atoms with Gasteiger partial charge in [-0.1, -0.05) is 43.5 Å². The van der Waals surface area contributed by atoms with Crippen molar-refractivity contribution in [2.45, 2.75) is 32.1 Å². The van der Waals surface area contributed by atoms with E-state index in [1.165, 1.54) is 31.4 Å². The Morgan fingerprint density at radius 1 is 1.15 bits per heavy atom. The molecule has 0 saturated heterocycles. The molecule has 1 heterocycles. The van der Waals surface area contributed by atoms with Crippen LogP contribution in [-0.2, 0) is 4.79 Å². The summed E-state index contributed by atoms with van der Waals surface area (Å²) in [5.74, 6) is -0.0770. The molecule has 2 aliphatic carbocycles. The summed E-state index contributed by atoms with van der Waals surface area (Å²) < 4.78 is 13.4. The van der Waals surface area contributed by atoms with Crippen molar-refractivity contribution in [1.29, 1.82) is 0 Å². The highest BCUT2D eigenvalue weighted by atomic mass is 19.1. The maximum absolute atomic E-state index is 13.4. The fourth-order valence-corrected chi connectivity index (χ4v) is 4.91.